The van der Waals surface area contributed by atoms with Crippen molar-refractivity contribution in [2.75, 3.05) is 0 Å². The Morgan fingerprint density at radius 2 is 1.75 bits per heavy atom. The van der Waals surface area contributed by atoms with Crippen molar-refractivity contribution in [3.63, 3.8) is 0 Å². The van der Waals surface area contributed by atoms with Gasteiger partial charge in [0.25, 0.3) is 0 Å². The summed E-state index contributed by atoms with van der Waals surface area (Å²) in [7, 11) is 0. The van der Waals surface area contributed by atoms with Crippen LogP contribution in [0.4, 0.5) is 0 Å². The average Bonchev–Trinajstić information content (AvgIpc) is 1.98. The maximum absolute atomic E-state index is 9.92. The molecule has 2 saturated carbocycles. The van der Waals surface area contributed by atoms with Crippen molar-refractivity contribution < 1.29 is 5.21 Å². The Morgan fingerprint density at radius 3 is 2.25 bits per heavy atom. The zero-order chi connectivity index (χ0) is 8.34. The summed E-state index contributed by atoms with van der Waals surface area (Å²) < 4.78 is 0. The standard InChI is InChI=1S/C10H17NO/c1-10-5-7-2-8(6-10)4-9(3-7)11(10)12/h7-9,12H,2-6H2,1H3/t7-,8?,9+,10?/m1/s1. The molecule has 4 bridgehead atoms. The average molecular weight is 167 g/mol. The van der Waals surface area contributed by atoms with Gasteiger partial charge >= 0.3 is 0 Å². The summed E-state index contributed by atoms with van der Waals surface area (Å²) in [5.74, 6) is 1.85. The predicted molar refractivity (Wildman–Crippen MR) is 45.9 cm³/mol. The Kier molecular flexibility index (Phi) is 1.25. The van der Waals surface area contributed by atoms with Crippen LogP contribution in [0.3, 0.4) is 0 Å². The largest absolute Gasteiger partial charge is 0.313 e. The van der Waals surface area contributed by atoms with Crippen molar-refractivity contribution in [2.45, 2.75) is 50.6 Å². The van der Waals surface area contributed by atoms with Gasteiger partial charge in [-0.3, -0.25) is 0 Å². The van der Waals surface area contributed by atoms with Crippen LogP contribution in [-0.4, -0.2) is 21.9 Å². The van der Waals surface area contributed by atoms with Gasteiger partial charge in [0, 0.05) is 11.6 Å². The van der Waals surface area contributed by atoms with Crippen LogP contribution in [0.15, 0.2) is 0 Å². The van der Waals surface area contributed by atoms with E-state index in [1.54, 1.807) is 5.06 Å². The van der Waals surface area contributed by atoms with E-state index in [0.717, 1.165) is 11.8 Å². The molecule has 2 unspecified atom stereocenters. The lowest BCUT2D eigenvalue weighted by Gasteiger charge is -2.59. The molecule has 2 heteroatoms. The fourth-order valence-corrected chi connectivity index (χ4v) is 4.02. The summed E-state index contributed by atoms with van der Waals surface area (Å²) in [6, 6.07) is 0.501. The molecule has 0 aromatic carbocycles. The number of rotatable bonds is 0. The third kappa shape index (κ3) is 0.775. The van der Waals surface area contributed by atoms with E-state index in [2.05, 4.69) is 6.92 Å². The third-order valence-electron chi connectivity index (χ3n) is 4.23. The van der Waals surface area contributed by atoms with Crippen molar-refractivity contribution in [1.29, 1.82) is 0 Å². The molecule has 4 aliphatic rings. The number of hydrogen-bond donors (Lipinski definition) is 1. The minimum Gasteiger partial charge on any atom is -0.313 e. The molecule has 4 rings (SSSR count). The molecule has 0 spiro atoms. The summed E-state index contributed by atoms with van der Waals surface area (Å²) in [6.45, 7) is 2.23. The molecule has 1 N–H and O–H groups in total. The maximum atomic E-state index is 9.92. The summed E-state index contributed by atoms with van der Waals surface area (Å²) >= 11 is 0. The van der Waals surface area contributed by atoms with Crippen LogP contribution in [0.5, 0.6) is 0 Å². The van der Waals surface area contributed by atoms with E-state index in [-0.39, 0.29) is 5.54 Å². The molecule has 2 aliphatic carbocycles. The quantitative estimate of drug-likeness (QED) is 0.596. The Bertz CT molecular complexity index is 202. The summed E-state index contributed by atoms with van der Waals surface area (Å²) in [4.78, 5) is 0. The first-order valence-corrected chi connectivity index (χ1v) is 5.15. The molecule has 2 nitrogen and oxygen atoms in total. The zero-order valence-corrected chi connectivity index (χ0v) is 7.66. The fourth-order valence-electron chi connectivity index (χ4n) is 4.02. The van der Waals surface area contributed by atoms with Crippen molar-refractivity contribution in [2.24, 2.45) is 11.8 Å². The minimum absolute atomic E-state index is 0.148. The van der Waals surface area contributed by atoms with Gasteiger partial charge in [0.2, 0.25) is 0 Å². The molecule has 68 valence electrons. The smallest absolute Gasteiger partial charge is 0.0440 e. The molecule has 0 aromatic rings. The van der Waals surface area contributed by atoms with E-state index >= 15 is 0 Å². The van der Waals surface area contributed by atoms with Gasteiger partial charge in [0.1, 0.15) is 0 Å². The molecule has 2 saturated heterocycles. The molecular weight excluding hydrogens is 150 g/mol. The number of piperidine rings is 2. The molecule has 2 aliphatic heterocycles. The monoisotopic (exact) mass is 167 g/mol. The lowest BCUT2D eigenvalue weighted by atomic mass is 9.59. The van der Waals surface area contributed by atoms with Crippen molar-refractivity contribution >= 4 is 0 Å². The summed E-state index contributed by atoms with van der Waals surface area (Å²) in [5.41, 5.74) is 0.148. The van der Waals surface area contributed by atoms with Crippen molar-refractivity contribution in [3.05, 3.63) is 0 Å². The van der Waals surface area contributed by atoms with Crippen LogP contribution >= 0.6 is 0 Å². The highest BCUT2D eigenvalue weighted by Crippen LogP contribution is 2.53. The van der Waals surface area contributed by atoms with E-state index in [1.807, 2.05) is 0 Å². The van der Waals surface area contributed by atoms with Gasteiger partial charge in [-0.25, -0.2) is 0 Å². The second-order valence-corrected chi connectivity index (χ2v) is 5.34. The Morgan fingerprint density at radius 1 is 1.17 bits per heavy atom. The van der Waals surface area contributed by atoms with Gasteiger partial charge in [0.15, 0.2) is 0 Å². The first-order chi connectivity index (χ1) is 5.67. The van der Waals surface area contributed by atoms with Crippen LogP contribution in [0.2, 0.25) is 0 Å². The Balaban J connectivity index is 1.97. The first kappa shape index (κ1) is 7.34. The van der Waals surface area contributed by atoms with Crippen molar-refractivity contribution in [3.8, 4) is 0 Å². The normalized spacial score (nSPS) is 58.0. The number of hydrogen-bond acceptors (Lipinski definition) is 2. The van der Waals surface area contributed by atoms with E-state index in [4.69, 9.17) is 0 Å². The molecule has 4 atom stereocenters. The number of hydroxylamine groups is 2. The van der Waals surface area contributed by atoms with Gasteiger partial charge in [-0.2, -0.15) is 5.06 Å². The van der Waals surface area contributed by atoms with Gasteiger partial charge in [-0.15, -0.1) is 0 Å². The van der Waals surface area contributed by atoms with Gasteiger partial charge < -0.3 is 5.21 Å². The SMILES string of the molecule is CC12CC3C[C@H](C[C@@H](C3)N1O)C2. The maximum Gasteiger partial charge on any atom is 0.0440 e. The fraction of sp³-hybridized carbons (Fsp3) is 1.00. The van der Waals surface area contributed by atoms with Crippen LogP contribution < -0.4 is 0 Å². The second-order valence-electron chi connectivity index (χ2n) is 5.34. The van der Waals surface area contributed by atoms with E-state index in [1.165, 1.54) is 32.1 Å². The molecule has 0 amide bonds. The Hall–Kier alpha value is -0.0800. The predicted octanol–water partition coefficient (Wildman–Crippen LogP) is 2.03. The van der Waals surface area contributed by atoms with Gasteiger partial charge in [-0.1, -0.05) is 0 Å². The van der Waals surface area contributed by atoms with Crippen LogP contribution in [0, 0.1) is 11.8 Å². The van der Waals surface area contributed by atoms with Crippen LogP contribution in [-0.2, 0) is 0 Å². The topological polar surface area (TPSA) is 23.5 Å². The first-order valence-electron chi connectivity index (χ1n) is 5.15. The molecule has 0 radical (unpaired) electrons. The second kappa shape index (κ2) is 2.05. The van der Waals surface area contributed by atoms with E-state index in [0.29, 0.717) is 6.04 Å². The minimum atomic E-state index is 0.148. The molecule has 0 aromatic heterocycles. The lowest BCUT2D eigenvalue weighted by molar-refractivity contribution is -0.269. The lowest BCUT2D eigenvalue weighted by Crippen LogP contribution is -2.63. The third-order valence-corrected chi connectivity index (χ3v) is 4.23. The highest BCUT2D eigenvalue weighted by molar-refractivity contribution is 5.04. The molecule has 4 fully saturated rings. The highest BCUT2D eigenvalue weighted by Gasteiger charge is 2.53. The van der Waals surface area contributed by atoms with Crippen LogP contribution in [0.1, 0.15) is 39.0 Å². The van der Waals surface area contributed by atoms with E-state index < -0.39 is 0 Å². The molecule has 2 heterocycles. The van der Waals surface area contributed by atoms with Crippen molar-refractivity contribution in [1.82, 2.24) is 5.06 Å². The number of nitrogens with zero attached hydrogens (tertiary/aromatic N) is 1. The zero-order valence-electron chi connectivity index (χ0n) is 7.66. The Labute approximate surface area is 73.5 Å². The summed E-state index contributed by atoms with van der Waals surface area (Å²) in [5, 5.41) is 11.6. The molecular formula is C10H17NO. The van der Waals surface area contributed by atoms with Gasteiger partial charge in [-0.05, 0) is 50.9 Å². The van der Waals surface area contributed by atoms with Crippen LogP contribution in [0.25, 0.3) is 0 Å². The molecule has 12 heavy (non-hydrogen) atoms. The highest BCUT2D eigenvalue weighted by atomic mass is 16.5. The van der Waals surface area contributed by atoms with Gasteiger partial charge in [0.05, 0.1) is 0 Å². The summed E-state index contributed by atoms with van der Waals surface area (Å²) in [6.07, 6.45) is 6.41. The van der Waals surface area contributed by atoms with E-state index in [9.17, 15) is 5.21 Å².